The van der Waals surface area contributed by atoms with Gasteiger partial charge in [-0.2, -0.15) is 0 Å². The summed E-state index contributed by atoms with van der Waals surface area (Å²) in [6.07, 6.45) is 0. The Morgan fingerprint density at radius 2 is 1.54 bits per heavy atom. The standard InChI is InChI=1S/C20H22ClIO4SSi/c1-15-5-11-18(12-6-15)27(23,24)26-22(17-9-7-16(21)8-10-17)19-13-14-20(25-19)28(2,3)4/h5-14H,1-4H3. The van der Waals surface area contributed by atoms with Gasteiger partial charge in [-0.25, -0.2) is 0 Å². The Kier molecular flexibility index (Phi) is 6.40. The molecule has 3 rings (SSSR count). The fraction of sp³-hybridized carbons (Fsp3) is 0.200. The maximum absolute atomic E-state index is 12.9. The fourth-order valence-electron chi connectivity index (χ4n) is 2.35. The summed E-state index contributed by atoms with van der Waals surface area (Å²) >= 11 is 3.17. The molecular weight excluding hydrogens is 527 g/mol. The molecule has 2 aromatic carbocycles. The molecule has 0 atom stereocenters. The van der Waals surface area contributed by atoms with E-state index in [1.807, 2.05) is 31.2 Å². The van der Waals surface area contributed by atoms with Gasteiger partial charge in [-0.1, -0.05) is 0 Å². The molecule has 0 saturated carbocycles. The molecule has 0 fully saturated rings. The van der Waals surface area contributed by atoms with Crippen LogP contribution in [0, 0.1) is 14.3 Å². The van der Waals surface area contributed by atoms with Gasteiger partial charge in [0.15, 0.2) is 0 Å². The molecule has 0 spiro atoms. The molecule has 0 aliphatic carbocycles. The van der Waals surface area contributed by atoms with E-state index in [2.05, 4.69) is 19.6 Å². The number of benzene rings is 2. The van der Waals surface area contributed by atoms with Crippen molar-refractivity contribution in [2.75, 3.05) is 0 Å². The van der Waals surface area contributed by atoms with Gasteiger partial charge in [-0.05, 0) is 0 Å². The van der Waals surface area contributed by atoms with Crippen LogP contribution >= 0.6 is 31.8 Å². The first-order chi connectivity index (χ1) is 13.1. The molecule has 8 heteroatoms. The quantitative estimate of drug-likeness (QED) is 0.295. The van der Waals surface area contributed by atoms with Crippen LogP contribution in [0.15, 0.2) is 70.0 Å². The van der Waals surface area contributed by atoms with Crippen LogP contribution < -0.4 is 5.38 Å². The van der Waals surface area contributed by atoms with Crippen LogP contribution in [-0.4, -0.2) is 16.5 Å². The van der Waals surface area contributed by atoms with E-state index < -0.39 is 38.4 Å². The topological polar surface area (TPSA) is 56.5 Å². The number of furan rings is 1. The second kappa shape index (κ2) is 8.31. The van der Waals surface area contributed by atoms with Crippen LogP contribution in [0.3, 0.4) is 0 Å². The number of hydrogen-bond donors (Lipinski definition) is 0. The zero-order valence-corrected chi connectivity index (χ0v) is 20.8. The SMILES string of the molecule is Cc1ccc(S(=O)(=O)OI(c2ccc(Cl)cc2)c2ccc([Si](C)(C)C)o2)cc1. The second-order valence-electron chi connectivity index (χ2n) is 7.37. The molecule has 0 N–H and O–H groups in total. The van der Waals surface area contributed by atoms with E-state index in [1.165, 1.54) is 0 Å². The third kappa shape index (κ3) is 5.07. The van der Waals surface area contributed by atoms with Gasteiger partial charge in [0.25, 0.3) is 0 Å². The van der Waals surface area contributed by atoms with Gasteiger partial charge in [0, 0.05) is 0 Å². The molecule has 28 heavy (non-hydrogen) atoms. The molecule has 0 bridgehead atoms. The Balaban J connectivity index is 2.02. The van der Waals surface area contributed by atoms with Crippen LogP contribution in [-0.2, 0) is 12.6 Å². The van der Waals surface area contributed by atoms with Gasteiger partial charge in [0.1, 0.15) is 0 Å². The molecule has 3 aromatic rings. The molecular formula is C20H22ClIO4SSi. The van der Waals surface area contributed by atoms with E-state index in [1.54, 1.807) is 36.4 Å². The van der Waals surface area contributed by atoms with E-state index in [-0.39, 0.29) is 4.90 Å². The Hall–Kier alpha value is -1.13. The van der Waals surface area contributed by atoms with Crippen molar-refractivity contribution in [3.63, 3.8) is 0 Å². The van der Waals surface area contributed by atoms with Gasteiger partial charge in [-0.15, -0.1) is 0 Å². The molecule has 1 aromatic heterocycles. The first kappa shape index (κ1) is 21.6. The van der Waals surface area contributed by atoms with E-state index in [0.29, 0.717) is 8.79 Å². The monoisotopic (exact) mass is 548 g/mol. The zero-order chi connectivity index (χ0) is 20.5. The third-order valence-corrected chi connectivity index (χ3v) is 13.0. The molecule has 0 aliphatic heterocycles. The molecule has 150 valence electrons. The Bertz CT molecular complexity index is 1050. The van der Waals surface area contributed by atoms with E-state index in [4.69, 9.17) is 18.5 Å². The van der Waals surface area contributed by atoms with Crippen LogP contribution in [0.25, 0.3) is 0 Å². The number of rotatable bonds is 6. The van der Waals surface area contributed by atoms with Gasteiger partial charge < -0.3 is 0 Å². The van der Waals surface area contributed by atoms with Crippen molar-refractivity contribution in [3.05, 3.63) is 78.6 Å². The number of halogens is 2. The van der Waals surface area contributed by atoms with Crippen molar-refractivity contribution in [2.24, 2.45) is 0 Å². The molecule has 0 amide bonds. The zero-order valence-electron chi connectivity index (χ0n) is 16.1. The third-order valence-electron chi connectivity index (χ3n) is 3.94. The van der Waals surface area contributed by atoms with Crippen molar-refractivity contribution in [1.82, 2.24) is 0 Å². The Morgan fingerprint density at radius 3 is 2.07 bits per heavy atom. The summed E-state index contributed by atoms with van der Waals surface area (Å²) in [5.74, 6) is 0. The van der Waals surface area contributed by atoms with Crippen LogP contribution in [0.1, 0.15) is 5.56 Å². The summed E-state index contributed by atoms with van der Waals surface area (Å²) in [5.41, 5.74) is 0.984. The van der Waals surface area contributed by atoms with Crippen LogP contribution in [0.4, 0.5) is 0 Å². The first-order valence-corrected chi connectivity index (χ1v) is 17.0. The summed E-state index contributed by atoms with van der Waals surface area (Å²) in [5, 5.41) is 1.51. The second-order valence-corrected chi connectivity index (χ2v) is 19.1. The molecule has 0 saturated heterocycles. The minimum absolute atomic E-state index is 0.145. The van der Waals surface area contributed by atoms with E-state index >= 15 is 0 Å². The van der Waals surface area contributed by atoms with E-state index in [9.17, 15) is 8.42 Å². The fourth-order valence-corrected chi connectivity index (χ4v) is 10.3. The summed E-state index contributed by atoms with van der Waals surface area (Å²) in [6, 6.07) is 17.6. The van der Waals surface area contributed by atoms with E-state index in [0.717, 1.165) is 14.5 Å². The number of hydrogen-bond acceptors (Lipinski definition) is 4. The average molecular weight is 549 g/mol. The first-order valence-electron chi connectivity index (χ1n) is 8.64. The Morgan fingerprint density at radius 1 is 0.929 bits per heavy atom. The summed E-state index contributed by atoms with van der Waals surface area (Å²) in [7, 11) is -5.59. The summed E-state index contributed by atoms with van der Waals surface area (Å²) in [6.45, 7) is 8.45. The van der Waals surface area contributed by atoms with Crippen molar-refractivity contribution >= 4 is 55.4 Å². The molecule has 1 heterocycles. The predicted octanol–water partition coefficient (Wildman–Crippen LogP) is 5.65. The van der Waals surface area contributed by atoms with Gasteiger partial charge in [0.2, 0.25) is 0 Å². The van der Waals surface area contributed by atoms with Gasteiger partial charge in [0.05, 0.1) is 0 Å². The summed E-state index contributed by atoms with van der Waals surface area (Å²) < 4.78 is 39.2. The predicted molar refractivity (Wildman–Crippen MR) is 124 cm³/mol. The van der Waals surface area contributed by atoms with Crippen LogP contribution in [0.5, 0.6) is 0 Å². The van der Waals surface area contributed by atoms with Crippen molar-refractivity contribution in [2.45, 2.75) is 31.5 Å². The summed E-state index contributed by atoms with van der Waals surface area (Å²) in [4.78, 5) is 0.145. The Labute approximate surface area is 179 Å². The average Bonchev–Trinajstić information content (AvgIpc) is 3.11. The van der Waals surface area contributed by atoms with Crippen LogP contribution in [0.2, 0.25) is 24.7 Å². The molecule has 4 nitrogen and oxygen atoms in total. The van der Waals surface area contributed by atoms with Gasteiger partial charge in [-0.3, -0.25) is 0 Å². The van der Waals surface area contributed by atoms with Crippen molar-refractivity contribution in [3.8, 4) is 0 Å². The molecule has 0 unspecified atom stereocenters. The normalized spacial score (nSPS) is 12.8. The maximum atomic E-state index is 12.9. The van der Waals surface area contributed by atoms with Crippen molar-refractivity contribution < 1.29 is 15.3 Å². The van der Waals surface area contributed by atoms with Crippen molar-refractivity contribution in [1.29, 1.82) is 0 Å². The van der Waals surface area contributed by atoms with Gasteiger partial charge >= 0.3 is 181 Å². The molecule has 0 radical (unpaired) electrons. The number of aryl methyl sites for hydroxylation is 1. The minimum atomic E-state index is -3.92. The molecule has 0 aliphatic rings.